The molecule has 27 heavy (non-hydrogen) atoms. The predicted octanol–water partition coefficient (Wildman–Crippen LogP) is 2.44. The molecule has 1 saturated heterocycles. The second-order valence-electron chi connectivity index (χ2n) is 6.96. The number of fused-ring (bicyclic) bond motifs is 1. The van der Waals surface area contributed by atoms with Gasteiger partial charge in [-0.25, -0.2) is 0 Å². The zero-order chi connectivity index (χ0) is 18.8. The number of hydrogen-bond acceptors (Lipinski definition) is 6. The van der Waals surface area contributed by atoms with Crippen molar-refractivity contribution in [2.24, 2.45) is 0 Å². The van der Waals surface area contributed by atoms with E-state index in [2.05, 4.69) is 42.0 Å². The van der Waals surface area contributed by atoms with Crippen molar-refractivity contribution in [2.45, 2.75) is 26.8 Å². The summed E-state index contributed by atoms with van der Waals surface area (Å²) in [5.41, 5.74) is 1.01. The van der Waals surface area contributed by atoms with E-state index in [9.17, 15) is 0 Å². The largest absolute Gasteiger partial charge is 0.357 e. The second-order valence-corrected chi connectivity index (χ2v) is 6.96. The molecule has 7 heteroatoms. The summed E-state index contributed by atoms with van der Waals surface area (Å²) in [5, 5.41) is 8.31. The lowest BCUT2D eigenvalue weighted by Gasteiger charge is -2.34. The minimum atomic E-state index is 0.441. The molecule has 0 bridgehead atoms. The lowest BCUT2D eigenvalue weighted by Crippen LogP contribution is -2.50. The van der Waals surface area contributed by atoms with Crippen LogP contribution < -0.4 is 15.1 Å². The molecule has 4 rings (SSSR count). The molecule has 1 aliphatic rings. The van der Waals surface area contributed by atoms with Crippen LogP contribution in [-0.2, 0) is 0 Å². The molecular weight excluding hydrogens is 338 g/mol. The van der Waals surface area contributed by atoms with E-state index in [1.807, 2.05) is 34.8 Å². The standard InChI is InChI=1S/C20H27N7/c1-4-25(5-2)17-13-18(26-12-11-21-15(3)14-26)27-20(22-17)23-19(24-27)16-9-7-6-8-10-16/h6-10,13,15,21H,4-5,11-12,14H2,1-3H3. The van der Waals surface area contributed by atoms with Gasteiger partial charge in [-0.3, -0.25) is 0 Å². The molecule has 1 atom stereocenters. The Morgan fingerprint density at radius 3 is 2.63 bits per heavy atom. The highest BCUT2D eigenvalue weighted by atomic mass is 15.4. The van der Waals surface area contributed by atoms with Gasteiger partial charge in [0.15, 0.2) is 5.82 Å². The van der Waals surface area contributed by atoms with Gasteiger partial charge in [0.1, 0.15) is 11.6 Å². The van der Waals surface area contributed by atoms with Crippen LogP contribution in [0.15, 0.2) is 36.4 Å². The van der Waals surface area contributed by atoms with Crippen LogP contribution in [0.1, 0.15) is 20.8 Å². The summed E-state index contributed by atoms with van der Waals surface area (Å²) in [7, 11) is 0. The number of rotatable bonds is 5. The fraction of sp³-hybridized carbons (Fsp3) is 0.450. The number of aromatic nitrogens is 4. The smallest absolute Gasteiger partial charge is 0.256 e. The summed E-state index contributed by atoms with van der Waals surface area (Å²) in [6.07, 6.45) is 0. The Balaban J connectivity index is 1.85. The first-order chi connectivity index (χ1) is 13.2. The van der Waals surface area contributed by atoms with E-state index in [4.69, 9.17) is 15.1 Å². The van der Waals surface area contributed by atoms with Crippen molar-refractivity contribution in [3.05, 3.63) is 36.4 Å². The van der Waals surface area contributed by atoms with Crippen LogP contribution in [-0.4, -0.2) is 58.3 Å². The predicted molar refractivity (Wildman–Crippen MR) is 109 cm³/mol. The monoisotopic (exact) mass is 365 g/mol. The molecule has 1 unspecified atom stereocenters. The Morgan fingerprint density at radius 2 is 1.93 bits per heavy atom. The number of hydrogen-bond donors (Lipinski definition) is 1. The first-order valence-corrected chi connectivity index (χ1v) is 9.76. The van der Waals surface area contributed by atoms with E-state index < -0.39 is 0 Å². The van der Waals surface area contributed by atoms with Crippen molar-refractivity contribution in [1.82, 2.24) is 24.9 Å². The van der Waals surface area contributed by atoms with Gasteiger partial charge in [0.2, 0.25) is 0 Å². The van der Waals surface area contributed by atoms with Crippen LogP contribution in [0.2, 0.25) is 0 Å². The zero-order valence-electron chi connectivity index (χ0n) is 16.3. The highest BCUT2D eigenvalue weighted by Crippen LogP contribution is 2.25. The highest BCUT2D eigenvalue weighted by Gasteiger charge is 2.22. The van der Waals surface area contributed by atoms with Crippen LogP contribution in [0.3, 0.4) is 0 Å². The topological polar surface area (TPSA) is 61.6 Å². The van der Waals surface area contributed by atoms with Gasteiger partial charge in [-0.05, 0) is 20.8 Å². The van der Waals surface area contributed by atoms with E-state index in [1.54, 1.807) is 0 Å². The van der Waals surface area contributed by atoms with E-state index in [0.717, 1.165) is 49.9 Å². The first kappa shape index (κ1) is 17.7. The molecule has 0 amide bonds. The average Bonchev–Trinajstić information content (AvgIpc) is 3.13. The van der Waals surface area contributed by atoms with Crippen LogP contribution >= 0.6 is 0 Å². The Morgan fingerprint density at radius 1 is 1.15 bits per heavy atom. The van der Waals surface area contributed by atoms with Crippen molar-refractivity contribution in [3.8, 4) is 11.4 Å². The van der Waals surface area contributed by atoms with E-state index in [-0.39, 0.29) is 0 Å². The summed E-state index contributed by atoms with van der Waals surface area (Å²) in [6.45, 7) is 11.2. The van der Waals surface area contributed by atoms with Gasteiger partial charge in [0.05, 0.1) is 0 Å². The van der Waals surface area contributed by atoms with Gasteiger partial charge >= 0.3 is 0 Å². The normalized spacial score (nSPS) is 17.4. The van der Waals surface area contributed by atoms with E-state index in [1.165, 1.54) is 0 Å². The molecule has 0 spiro atoms. The fourth-order valence-corrected chi connectivity index (χ4v) is 3.63. The maximum absolute atomic E-state index is 4.81. The molecule has 142 valence electrons. The molecule has 1 fully saturated rings. The molecule has 1 N–H and O–H groups in total. The molecule has 0 aliphatic carbocycles. The Kier molecular flexibility index (Phi) is 4.94. The maximum Gasteiger partial charge on any atom is 0.256 e. The molecule has 0 saturated carbocycles. The van der Waals surface area contributed by atoms with Crippen LogP contribution in [0, 0.1) is 0 Å². The molecule has 3 aromatic rings. The molecule has 3 heterocycles. The zero-order valence-corrected chi connectivity index (χ0v) is 16.3. The summed E-state index contributed by atoms with van der Waals surface area (Å²) in [5.74, 6) is 3.38. The number of piperazine rings is 1. The molecule has 0 radical (unpaired) electrons. The fourth-order valence-electron chi connectivity index (χ4n) is 3.63. The number of nitrogens with zero attached hydrogens (tertiary/aromatic N) is 6. The van der Waals surface area contributed by atoms with Crippen molar-refractivity contribution in [2.75, 3.05) is 42.5 Å². The quantitative estimate of drug-likeness (QED) is 0.749. The van der Waals surface area contributed by atoms with Crippen molar-refractivity contribution < 1.29 is 0 Å². The van der Waals surface area contributed by atoms with E-state index in [0.29, 0.717) is 17.6 Å². The van der Waals surface area contributed by atoms with Gasteiger partial charge in [-0.1, -0.05) is 30.3 Å². The third-order valence-electron chi connectivity index (χ3n) is 5.09. The van der Waals surface area contributed by atoms with Crippen molar-refractivity contribution in [3.63, 3.8) is 0 Å². The summed E-state index contributed by atoms with van der Waals surface area (Å²) in [6, 6.07) is 12.7. The van der Waals surface area contributed by atoms with E-state index >= 15 is 0 Å². The third kappa shape index (κ3) is 3.47. The Bertz CT molecular complexity index is 901. The van der Waals surface area contributed by atoms with Crippen LogP contribution in [0.5, 0.6) is 0 Å². The maximum atomic E-state index is 4.81. The molecular formula is C20H27N7. The lowest BCUT2D eigenvalue weighted by atomic mass is 10.2. The summed E-state index contributed by atoms with van der Waals surface area (Å²) >= 11 is 0. The molecule has 7 nitrogen and oxygen atoms in total. The third-order valence-corrected chi connectivity index (χ3v) is 5.09. The minimum Gasteiger partial charge on any atom is -0.357 e. The lowest BCUT2D eigenvalue weighted by molar-refractivity contribution is 0.480. The van der Waals surface area contributed by atoms with Crippen molar-refractivity contribution >= 4 is 17.4 Å². The Labute approximate surface area is 160 Å². The van der Waals surface area contributed by atoms with Gasteiger partial charge in [0.25, 0.3) is 5.78 Å². The second kappa shape index (κ2) is 7.52. The number of benzene rings is 1. The van der Waals surface area contributed by atoms with Crippen LogP contribution in [0.25, 0.3) is 17.2 Å². The highest BCUT2D eigenvalue weighted by molar-refractivity contribution is 5.62. The first-order valence-electron chi connectivity index (χ1n) is 9.76. The molecule has 1 aromatic carbocycles. The minimum absolute atomic E-state index is 0.441. The SMILES string of the molecule is CCN(CC)c1cc(N2CCNC(C)C2)n2nc(-c3ccccc3)nc2n1. The van der Waals surface area contributed by atoms with Crippen molar-refractivity contribution in [1.29, 1.82) is 0 Å². The summed E-state index contributed by atoms with van der Waals surface area (Å²) in [4.78, 5) is 14.2. The summed E-state index contributed by atoms with van der Waals surface area (Å²) < 4.78 is 1.90. The number of nitrogens with one attached hydrogen (secondary N) is 1. The van der Waals surface area contributed by atoms with Crippen LogP contribution in [0.4, 0.5) is 11.6 Å². The van der Waals surface area contributed by atoms with Gasteiger partial charge in [0, 0.05) is 50.4 Å². The van der Waals surface area contributed by atoms with Gasteiger partial charge in [-0.2, -0.15) is 14.5 Å². The average molecular weight is 365 g/mol. The molecule has 2 aromatic heterocycles. The van der Waals surface area contributed by atoms with Gasteiger partial charge < -0.3 is 15.1 Å². The molecule has 1 aliphatic heterocycles. The van der Waals surface area contributed by atoms with Gasteiger partial charge in [-0.15, -0.1) is 5.10 Å². The number of anilines is 2. The Hall–Kier alpha value is -2.67.